The Morgan fingerprint density at radius 2 is 1.71 bits per heavy atom. The number of aryl methyl sites for hydroxylation is 2. The maximum absolute atomic E-state index is 14.4. The summed E-state index contributed by atoms with van der Waals surface area (Å²) in [6, 6.07) is 11.8. The predicted octanol–water partition coefficient (Wildman–Crippen LogP) is 4.49. The van der Waals surface area contributed by atoms with E-state index in [1.807, 2.05) is 57.1 Å². The molecular formula is C18H23FN2. The first kappa shape index (κ1) is 15.5. The van der Waals surface area contributed by atoms with Gasteiger partial charge in [-0.25, -0.2) is 4.39 Å². The second kappa shape index (κ2) is 6.27. The van der Waals surface area contributed by atoms with E-state index in [1.54, 1.807) is 6.07 Å². The van der Waals surface area contributed by atoms with Crippen LogP contribution in [0.1, 0.15) is 29.7 Å². The molecule has 0 amide bonds. The van der Waals surface area contributed by atoms with Crippen molar-refractivity contribution in [2.24, 2.45) is 0 Å². The SMILES string of the molecule is CNC(C)c1ccc(N(C)c2ccc(C)cc2C)c(F)c1. The first-order valence-electron chi connectivity index (χ1n) is 7.21. The topological polar surface area (TPSA) is 15.3 Å². The van der Waals surface area contributed by atoms with Gasteiger partial charge in [0.2, 0.25) is 0 Å². The molecule has 0 aromatic heterocycles. The van der Waals surface area contributed by atoms with Gasteiger partial charge in [0.1, 0.15) is 5.82 Å². The Morgan fingerprint density at radius 3 is 2.29 bits per heavy atom. The van der Waals surface area contributed by atoms with Gasteiger partial charge in [-0.05, 0) is 57.1 Å². The van der Waals surface area contributed by atoms with Crippen LogP contribution in [0.3, 0.4) is 0 Å². The van der Waals surface area contributed by atoms with E-state index in [4.69, 9.17) is 0 Å². The molecular weight excluding hydrogens is 263 g/mol. The molecule has 1 N–H and O–H groups in total. The van der Waals surface area contributed by atoms with Crippen LogP contribution in [0.5, 0.6) is 0 Å². The molecule has 2 aromatic carbocycles. The smallest absolute Gasteiger partial charge is 0.147 e. The third-order valence-corrected chi connectivity index (χ3v) is 3.98. The monoisotopic (exact) mass is 286 g/mol. The molecule has 0 fully saturated rings. The zero-order valence-electron chi connectivity index (χ0n) is 13.4. The van der Waals surface area contributed by atoms with Crippen molar-refractivity contribution < 1.29 is 4.39 Å². The van der Waals surface area contributed by atoms with Crippen LogP contribution in [0.2, 0.25) is 0 Å². The van der Waals surface area contributed by atoms with Gasteiger partial charge in [-0.3, -0.25) is 0 Å². The average Bonchev–Trinajstić information content (AvgIpc) is 2.45. The molecule has 0 aliphatic carbocycles. The number of halogens is 1. The van der Waals surface area contributed by atoms with Crippen LogP contribution in [-0.2, 0) is 0 Å². The lowest BCUT2D eigenvalue weighted by Gasteiger charge is -2.23. The summed E-state index contributed by atoms with van der Waals surface area (Å²) in [4.78, 5) is 1.90. The molecule has 3 heteroatoms. The molecule has 1 atom stereocenters. The molecule has 0 radical (unpaired) electrons. The Morgan fingerprint density at radius 1 is 1.05 bits per heavy atom. The van der Waals surface area contributed by atoms with E-state index in [9.17, 15) is 4.39 Å². The fourth-order valence-electron chi connectivity index (χ4n) is 2.54. The summed E-state index contributed by atoms with van der Waals surface area (Å²) in [5.74, 6) is -0.197. The molecule has 1 unspecified atom stereocenters. The highest BCUT2D eigenvalue weighted by atomic mass is 19.1. The van der Waals surface area contributed by atoms with Crippen LogP contribution < -0.4 is 10.2 Å². The Kier molecular flexibility index (Phi) is 4.63. The molecule has 112 valence electrons. The Labute approximate surface area is 126 Å². The van der Waals surface area contributed by atoms with Gasteiger partial charge in [0.05, 0.1) is 5.69 Å². The molecule has 0 aliphatic rings. The first-order valence-corrected chi connectivity index (χ1v) is 7.21. The molecule has 0 saturated heterocycles. The van der Waals surface area contributed by atoms with Crippen molar-refractivity contribution in [3.05, 3.63) is 58.9 Å². The predicted molar refractivity (Wildman–Crippen MR) is 87.9 cm³/mol. The van der Waals surface area contributed by atoms with E-state index >= 15 is 0 Å². The summed E-state index contributed by atoms with van der Waals surface area (Å²) in [5, 5.41) is 3.12. The third-order valence-electron chi connectivity index (χ3n) is 3.98. The van der Waals surface area contributed by atoms with Gasteiger partial charge in [-0.15, -0.1) is 0 Å². The average molecular weight is 286 g/mol. The Bertz CT molecular complexity index is 637. The van der Waals surface area contributed by atoms with Crippen LogP contribution in [-0.4, -0.2) is 14.1 Å². The summed E-state index contributed by atoms with van der Waals surface area (Å²) in [6.45, 7) is 6.13. The lowest BCUT2D eigenvalue weighted by molar-refractivity contribution is 0.608. The van der Waals surface area contributed by atoms with Crippen molar-refractivity contribution in [3.63, 3.8) is 0 Å². The number of nitrogens with zero attached hydrogens (tertiary/aromatic N) is 1. The molecule has 0 saturated carbocycles. The lowest BCUT2D eigenvalue weighted by Crippen LogP contribution is -2.15. The zero-order valence-corrected chi connectivity index (χ0v) is 13.4. The summed E-state index contributed by atoms with van der Waals surface area (Å²) in [5.41, 5.74) is 4.92. The molecule has 2 aromatic rings. The fourth-order valence-corrected chi connectivity index (χ4v) is 2.54. The van der Waals surface area contributed by atoms with Gasteiger partial charge in [0, 0.05) is 18.8 Å². The van der Waals surface area contributed by atoms with Gasteiger partial charge in [0.25, 0.3) is 0 Å². The Hall–Kier alpha value is -1.87. The molecule has 2 rings (SSSR count). The molecule has 0 bridgehead atoms. The maximum Gasteiger partial charge on any atom is 0.147 e. The van der Waals surface area contributed by atoms with Gasteiger partial charge >= 0.3 is 0 Å². The largest absolute Gasteiger partial charge is 0.342 e. The van der Waals surface area contributed by atoms with Crippen LogP contribution in [0.4, 0.5) is 15.8 Å². The summed E-state index contributed by atoms with van der Waals surface area (Å²) >= 11 is 0. The van der Waals surface area contributed by atoms with Gasteiger partial charge in [-0.1, -0.05) is 23.8 Å². The van der Waals surface area contributed by atoms with Crippen molar-refractivity contribution in [1.82, 2.24) is 5.32 Å². The van der Waals surface area contributed by atoms with Gasteiger partial charge in [-0.2, -0.15) is 0 Å². The number of rotatable bonds is 4. The van der Waals surface area contributed by atoms with Crippen LogP contribution in [0.15, 0.2) is 36.4 Å². The van der Waals surface area contributed by atoms with E-state index < -0.39 is 0 Å². The van der Waals surface area contributed by atoms with E-state index in [0.29, 0.717) is 5.69 Å². The van der Waals surface area contributed by atoms with Crippen molar-refractivity contribution >= 4 is 11.4 Å². The Balaban J connectivity index is 2.37. The molecule has 21 heavy (non-hydrogen) atoms. The minimum absolute atomic E-state index is 0.139. The second-order valence-corrected chi connectivity index (χ2v) is 5.57. The van der Waals surface area contributed by atoms with E-state index in [0.717, 1.165) is 16.8 Å². The highest BCUT2D eigenvalue weighted by molar-refractivity contribution is 5.66. The molecule has 0 aliphatic heterocycles. The second-order valence-electron chi connectivity index (χ2n) is 5.57. The van der Waals surface area contributed by atoms with E-state index in [1.165, 1.54) is 5.56 Å². The zero-order chi connectivity index (χ0) is 15.6. The van der Waals surface area contributed by atoms with Crippen molar-refractivity contribution in [3.8, 4) is 0 Å². The number of hydrogen-bond donors (Lipinski definition) is 1. The van der Waals surface area contributed by atoms with Crippen molar-refractivity contribution in [2.75, 3.05) is 19.0 Å². The van der Waals surface area contributed by atoms with Crippen molar-refractivity contribution in [2.45, 2.75) is 26.8 Å². The van der Waals surface area contributed by atoms with Gasteiger partial charge < -0.3 is 10.2 Å². The minimum Gasteiger partial charge on any atom is -0.342 e. The molecule has 2 nitrogen and oxygen atoms in total. The van der Waals surface area contributed by atoms with Crippen LogP contribution >= 0.6 is 0 Å². The lowest BCUT2D eigenvalue weighted by atomic mass is 10.1. The van der Waals surface area contributed by atoms with E-state index in [-0.39, 0.29) is 11.9 Å². The van der Waals surface area contributed by atoms with Gasteiger partial charge in [0.15, 0.2) is 0 Å². The maximum atomic E-state index is 14.4. The number of nitrogens with one attached hydrogen (secondary N) is 1. The quantitative estimate of drug-likeness (QED) is 0.890. The van der Waals surface area contributed by atoms with E-state index in [2.05, 4.69) is 18.3 Å². The minimum atomic E-state index is -0.197. The first-order chi connectivity index (χ1) is 9.93. The summed E-state index contributed by atoms with van der Waals surface area (Å²) < 4.78 is 14.4. The molecule has 0 spiro atoms. The normalized spacial score (nSPS) is 12.3. The number of benzene rings is 2. The number of hydrogen-bond acceptors (Lipinski definition) is 2. The number of anilines is 2. The summed E-state index contributed by atoms with van der Waals surface area (Å²) in [6.07, 6.45) is 0. The fraction of sp³-hybridized carbons (Fsp3) is 0.333. The standard InChI is InChI=1S/C18H23FN2/c1-12-6-8-17(13(2)10-12)21(5)18-9-7-15(11-16(18)19)14(3)20-4/h6-11,14,20H,1-5H3. The highest BCUT2D eigenvalue weighted by Gasteiger charge is 2.13. The molecule has 0 heterocycles. The van der Waals surface area contributed by atoms with Crippen LogP contribution in [0.25, 0.3) is 0 Å². The third kappa shape index (κ3) is 3.24. The highest BCUT2D eigenvalue weighted by Crippen LogP contribution is 2.30. The summed E-state index contributed by atoms with van der Waals surface area (Å²) in [7, 11) is 3.77. The van der Waals surface area contributed by atoms with Crippen LogP contribution in [0, 0.1) is 19.7 Å². The van der Waals surface area contributed by atoms with Crippen molar-refractivity contribution in [1.29, 1.82) is 0 Å².